The number of aromatic hydroxyl groups is 1. The van der Waals surface area contributed by atoms with Gasteiger partial charge >= 0.3 is 0 Å². The van der Waals surface area contributed by atoms with Gasteiger partial charge in [-0.25, -0.2) is 0 Å². The fourth-order valence-electron chi connectivity index (χ4n) is 5.69. The van der Waals surface area contributed by atoms with Crippen molar-refractivity contribution >= 4 is 77.0 Å². The highest BCUT2D eigenvalue weighted by atomic mass is 16.3. The molecule has 2 amide bonds. The maximum absolute atomic E-state index is 13.1. The fraction of sp³-hybridized carbons (Fsp3) is 0.464. The molecule has 1 saturated heterocycles. The van der Waals surface area contributed by atoms with Crippen LogP contribution in [0, 0.1) is 0 Å². The number of rotatable bonds is 11. The number of nitrogens with one attached hydrogen (secondary N) is 1. The zero-order valence-electron chi connectivity index (χ0n) is 23.0. The number of carbonyl (C=O) groups is 3. The Bertz CT molecular complexity index is 1250. The van der Waals surface area contributed by atoms with Crippen LogP contribution in [0.1, 0.15) is 47.2 Å². The molecule has 2 heterocycles. The van der Waals surface area contributed by atoms with Gasteiger partial charge in [-0.05, 0) is 49.4 Å². The molecule has 2 aromatic rings. The van der Waals surface area contributed by atoms with Crippen molar-refractivity contribution in [2.75, 3.05) is 44.7 Å². The molecule has 1 fully saturated rings. The molecule has 12 heteroatoms. The molecule has 1 atom stereocenters. The minimum atomic E-state index is -0.667. The van der Waals surface area contributed by atoms with E-state index < -0.39 is 6.04 Å². The Balaban J connectivity index is 1.30. The first kappa shape index (κ1) is 29.8. The summed E-state index contributed by atoms with van der Waals surface area (Å²) in [6.45, 7) is 4.23. The van der Waals surface area contributed by atoms with Crippen molar-refractivity contribution in [2.45, 2.75) is 44.7 Å². The number of aldehydes is 1. The smallest absolute Gasteiger partial charge is 0.255 e. The highest BCUT2D eigenvalue weighted by molar-refractivity contribution is 6.64. The van der Waals surface area contributed by atoms with E-state index in [-0.39, 0.29) is 45.8 Å². The average molecular weight is 532 g/mol. The number of hydrogen-bond donors (Lipinski definition) is 2. The first-order valence-electron chi connectivity index (χ1n) is 13.7. The van der Waals surface area contributed by atoms with Gasteiger partial charge in [0.2, 0.25) is 5.91 Å². The van der Waals surface area contributed by atoms with Crippen molar-refractivity contribution in [2.24, 2.45) is 0 Å². The minimum Gasteiger partial charge on any atom is -0.506 e. The van der Waals surface area contributed by atoms with E-state index in [2.05, 4.69) is 16.3 Å². The molecule has 0 bridgehead atoms. The van der Waals surface area contributed by atoms with E-state index in [1.54, 1.807) is 4.90 Å². The lowest BCUT2D eigenvalue weighted by atomic mass is 9.65. The second-order valence-electron chi connectivity index (χ2n) is 10.4. The number of piperazine rings is 1. The van der Waals surface area contributed by atoms with E-state index in [1.807, 2.05) is 17.0 Å². The van der Waals surface area contributed by atoms with Crippen LogP contribution < -0.4 is 32.1 Å². The Kier molecular flexibility index (Phi) is 9.72. The number of nitrogens with zero attached hydrogens (tertiary/aromatic N) is 3. The number of likely N-dealkylation sites (N-methyl/N-ethyl adjacent to an activating group) is 1. The summed E-state index contributed by atoms with van der Waals surface area (Å²) in [6, 6.07) is 5.09. The quantitative estimate of drug-likeness (QED) is 0.194. The summed E-state index contributed by atoms with van der Waals surface area (Å²) in [5, 5.41) is 13.2. The maximum Gasteiger partial charge on any atom is 0.255 e. The summed E-state index contributed by atoms with van der Waals surface area (Å²) in [6.07, 6.45) is 4.06. The summed E-state index contributed by atoms with van der Waals surface area (Å²) in [7, 11) is 25.4. The monoisotopic (exact) mass is 532 g/mol. The molecule has 2 aliphatic heterocycles. The normalized spacial score (nSPS) is 16.2. The number of hydrogen-bond acceptors (Lipinski definition) is 6. The highest BCUT2D eigenvalue weighted by Crippen LogP contribution is 2.30. The molecule has 1 unspecified atom stereocenters. The summed E-state index contributed by atoms with van der Waals surface area (Å²) in [5.74, 6) is -0.549. The van der Waals surface area contributed by atoms with Gasteiger partial charge in [0, 0.05) is 51.8 Å². The molecule has 2 aromatic carbocycles. The van der Waals surface area contributed by atoms with Gasteiger partial charge in [-0.2, -0.15) is 0 Å². The summed E-state index contributed by atoms with van der Waals surface area (Å²) in [4.78, 5) is 42.5. The van der Waals surface area contributed by atoms with E-state index in [4.69, 9.17) is 31.4 Å². The van der Waals surface area contributed by atoms with Crippen LogP contribution in [0.25, 0.3) is 0 Å². The zero-order chi connectivity index (χ0) is 29.0. The number of carbonyl (C=O) groups excluding carboxylic acids is 3. The van der Waals surface area contributed by atoms with Crippen molar-refractivity contribution in [3.05, 3.63) is 34.9 Å². The molecule has 2 aliphatic rings. The SMILES string of the molecule is [B]c1c([B])c([B])c(N2CCN(CCCCc3cccc4c3CN(C(CCC=O)C(=O)NC)C4=O)CC2)c(O)c1[B]. The molecule has 0 spiro atoms. The molecule has 8 nitrogen and oxygen atoms in total. The highest BCUT2D eigenvalue weighted by Gasteiger charge is 2.36. The summed E-state index contributed by atoms with van der Waals surface area (Å²) in [5.41, 5.74) is 3.75. The molecule has 0 aromatic heterocycles. The van der Waals surface area contributed by atoms with Crippen molar-refractivity contribution in [1.82, 2.24) is 15.1 Å². The Morgan fingerprint density at radius 3 is 2.42 bits per heavy atom. The molecular formula is C28H32B4N4O4. The largest absolute Gasteiger partial charge is 0.506 e. The number of phenols is 1. The van der Waals surface area contributed by atoms with Crippen LogP contribution in [0.4, 0.5) is 5.69 Å². The van der Waals surface area contributed by atoms with Gasteiger partial charge < -0.3 is 25.0 Å². The topological polar surface area (TPSA) is 93.2 Å². The molecule has 0 aliphatic carbocycles. The molecule has 8 radical (unpaired) electrons. The minimum absolute atomic E-state index is 0.0476. The number of amides is 2. The number of phenolic OH excluding ortho intramolecular Hbond substituents is 1. The van der Waals surface area contributed by atoms with E-state index in [0.29, 0.717) is 37.3 Å². The first-order valence-corrected chi connectivity index (χ1v) is 13.7. The number of unbranched alkanes of at least 4 members (excludes halogenated alkanes) is 1. The fourth-order valence-corrected chi connectivity index (χ4v) is 5.69. The van der Waals surface area contributed by atoms with Crippen LogP contribution in [-0.4, -0.2) is 110 Å². The Morgan fingerprint density at radius 2 is 1.75 bits per heavy atom. The summed E-state index contributed by atoms with van der Waals surface area (Å²) >= 11 is 0. The van der Waals surface area contributed by atoms with Crippen LogP contribution in [0.3, 0.4) is 0 Å². The molecular weight excluding hydrogens is 500 g/mol. The van der Waals surface area contributed by atoms with Gasteiger partial charge in [-0.15, -0.1) is 10.9 Å². The lowest BCUT2D eigenvalue weighted by Crippen LogP contribution is -2.53. The number of anilines is 1. The van der Waals surface area contributed by atoms with Crippen LogP contribution in [0.2, 0.25) is 0 Å². The van der Waals surface area contributed by atoms with Crippen LogP contribution in [0.15, 0.2) is 18.2 Å². The van der Waals surface area contributed by atoms with Gasteiger partial charge in [0.1, 0.15) is 49.5 Å². The average Bonchev–Trinajstić information content (AvgIpc) is 3.30. The third-order valence-corrected chi connectivity index (χ3v) is 8.04. The van der Waals surface area contributed by atoms with Gasteiger partial charge in [0.25, 0.3) is 5.91 Å². The summed E-state index contributed by atoms with van der Waals surface area (Å²) < 4.78 is 0. The lowest BCUT2D eigenvalue weighted by Gasteiger charge is -2.38. The van der Waals surface area contributed by atoms with E-state index >= 15 is 0 Å². The van der Waals surface area contributed by atoms with Crippen LogP contribution in [-0.2, 0) is 22.6 Å². The van der Waals surface area contributed by atoms with Crippen LogP contribution in [0.5, 0.6) is 5.75 Å². The molecule has 200 valence electrons. The number of fused-ring (bicyclic) bond motifs is 1. The molecule has 2 N–H and O–H groups in total. The number of benzene rings is 2. The van der Waals surface area contributed by atoms with Gasteiger partial charge in [0.15, 0.2) is 0 Å². The first-order chi connectivity index (χ1) is 19.2. The van der Waals surface area contributed by atoms with Gasteiger partial charge in [-0.1, -0.05) is 23.1 Å². The standard InChI is InChI=1S/C28H32B4N4O4/c1-33-27(39)20(9-5-15-37)36-16-19-17(7-4-8-18(19)28(36)40)6-2-3-10-34-11-13-35(14-12-34)25-23(31)21(29)22(30)24(32)26(25)38/h4,7-8,15,20,38H,2-3,5-6,9-14,16H2,1H3,(H,33,39). The van der Waals surface area contributed by atoms with E-state index in [1.165, 1.54) is 7.05 Å². The second kappa shape index (κ2) is 13.0. The van der Waals surface area contributed by atoms with Gasteiger partial charge in [-0.3, -0.25) is 14.5 Å². The Labute approximate surface area is 241 Å². The Morgan fingerprint density at radius 1 is 1.05 bits per heavy atom. The van der Waals surface area contributed by atoms with Crippen molar-refractivity contribution < 1.29 is 19.5 Å². The molecule has 4 rings (SSSR count). The zero-order valence-corrected chi connectivity index (χ0v) is 23.0. The van der Waals surface area contributed by atoms with Crippen molar-refractivity contribution in [3.63, 3.8) is 0 Å². The van der Waals surface area contributed by atoms with Crippen molar-refractivity contribution in [1.29, 1.82) is 0 Å². The van der Waals surface area contributed by atoms with Crippen molar-refractivity contribution in [3.8, 4) is 5.75 Å². The van der Waals surface area contributed by atoms with Crippen LogP contribution >= 0.6 is 0 Å². The third kappa shape index (κ3) is 5.97. The van der Waals surface area contributed by atoms with E-state index in [0.717, 1.165) is 56.3 Å². The predicted octanol–water partition coefficient (Wildman–Crippen LogP) is -2.24. The maximum atomic E-state index is 13.1. The van der Waals surface area contributed by atoms with Gasteiger partial charge in [0.05, 0.1) is 5.69 Å². The molecule has 40 heavy (non-hydrogen) atoms. The lowest BCUT2D eigenvalue weighted by molar-refractivity contribution is -0.125. The number of aryl methyl sites for hydroxylation is 1. The Hall–Kier alpha value is -3.13. The predicted molar refractivity (Wildman–Crippen MR) is 161 cm³/mol. The molecule has 0 saturated carbocycles. The second-order valence-corrected chi connectivity index (χ2v) is 10.4. The third-order valence-electron chi connectivity index (χ3n) is 8.04. The van der Waals surface area contributed by atoms with E-state index in [9.17, 15) is 19.5 Å².